The predicted molar refractivity (Wildman–Crippen MR) is 123 cm³/mol. The number of halogens is 1. The largest absolute Gasteiger partial charge is 0.376 e. The minimum Gasteiger partial charge on any atom is -0.376 e. The second kappa shape index (κ2) is 9.04. The summed E-state index contributed by atoms with van der Waals surface area (Å²) in [7, 11) is 0. The van der Waals surface area contributed by atoms with E-state index in [0.29, 0.717) is 17.3 Å². The Bertz CT molecular complexity index is 975. The Hall–Kier alpha value is -1.60. The smallest absolute Gasteiger partial charge is 0.239 e. The van der Waals surface area contributed by atoms with Crippen LogP contribution in [0, 0.1) is 13.8 Å². The van der Waals surface area contributed by atoms with Gasteiger partial charge >= 0.3 is 0 Å². The molecule has 1 aliphatic rings. The molecule has 4 nitrogen and oxygen atoms in total. The third kappa shape index (κ3) is 4.94. The number of hydrogen-bond acceptors (Lipinski definition) is 5. The van der Waals surface area contributed by atoms with Crippen molar-refractivity contribution in [2.75, 3.05) is 23.8 Å². The molecule has 152 valence electrons. The molecule has 1 unspecified atom stereocenters. The number of carbonyl (C=O) groups excluding carboxylic acids is 1. The van der Waals surface area contributed by atoms with Crippen molar-refractivity contribution in [1.29, 1.82) is 0 Å². The molecule has 0 bridgehead atoms. The van der Waals surface area contributed by atoms with Gasteiger partial charge in [-0.15, -0.1) is 11.8 Å². The van der Waals surface area contributed by atoms with Gasteiger partial charge in [-0.25, -0.2) is 4.98 Å². The number of thiazole rings is 1. The second-order valence-electron chi connectivity index (χ2n) is 7.28. The number of carbonyl (C=O) groups is 1. The maximum absolute atomic E-state index is 13.2. The van der Waals surface area contributed by atoms with Gasteiger partial charge in [-0.3, -0.25) is 9.69 Å². The molecule has 1 amide bonds. The molecule has 2 heterocycles. The highest BCUT2D eigenvalue weighted by Gasteiger charge is 2.26. The highest BCUT2D eigenvalue weighted by atomic mass is 35.5. The average molecular weight is 447 g/mol. The van der Waals surface area contributed by atoms with Crippen molar-refractivity contribution in [3.63, 3.8) is 0 Å². The number of hydrogen-bond donors (Lipinski definition) is 0. The van der Waals surface area contributed by atoms with Crippen LogP contribution in [0.1, 0.15) is 24.0 Å². The summed E-state index contributed by atoms with van der Waals surface area (Å²) in [5.74, 6) is 0.399. The first kappa shape index (κ1) is 20.7. The molecule has 1 atom stereocenters. The Morgan fingerprint density at radius 2 is 2.03 bits per heavy atom. The summed E-state index contributed by atoms with van der Waals surface area (Å²) in [6, 6.07) is 11.8. The van der Waals surface area contributed by atoms with Crippen LogP contribution in [0.25, 0.3) is 10.2 Å². The molecule has 0 saturated carbocycles. The van der Waals surface area contributed by atoms with E-state index in [2.05, 4.69) is 26.0 Å². The Labute approximate surface area is 184 Å². The van der Waals surface area contributed by atoms with Gasteiger partial charge in [0.1, 0.15) is 0 Å². The summed E-state index contributed by atoms with van der Waals surface area (Å²) in [6.07, 6.45) is 2.11. The van der Waals surface area contributed by atoms with Crippen molar-refractivity contribution >= 4 is 56.0 Å². The van der Waals surface area contributed by atoms with E-state index in [-0.39, 0.29) is 12.0 Å². The lowest BCUT2D eigenvalue weighted by atomic mass is 10.1. The first-order valence-electron chi connectivity index (χ1n) is 9.68. The van der Waals surface area contributed by atoms with Crippen LogP contribution in [0.5, 0.6) is 0 Å². The van der Waals surface area contributed by atoms with Crippen molar-refractivity contribution in [1.82, 2.24) is 4.98 Å². The SMILES string of the molecule is Cc1cc2nc(N(CC3CCCO3)C(=O)CSc3ccc(Cl)cc3)sc2cc1C. The van der Waals surface area contributed by atoms with E-state index in [1.165, 1.54) is 22.9 Å². The standard InChI is InChI=1S/C22H23ClN2O2S2/c1-14-10-19-20(11-15(14)2)29-22(24-19)25(12-17-4-3-9-27-17)21(26)13-28-18-7-5-16(23)6-8-18/h5-8,10-11,17H,3-4,9,12-13H2,1-2H3. The van der Waals surface area contributed by atoms with Gasteiger partial charge < -0.3 is 4.74 Å². The quantitative estimate of drug-likeness (QED) is 0.444. The normalized spacial score (nSPS) is 16.4. The molecule has 1 aromatic heterocycles. The summed E-state index contributed by atoms with van der Waals surface area (Å²) >= 11 is 9.05. The third-order valence-electron chi connectivity index (χ3n) is 5.11. The first-order valence-corrected chi connectivity index (χ1v) is 11.9. The number of rotatable bonds is 6. The molecular formula is C22H23ClN2O2S2. The van der Waals surface area contributed by atoms with Gasteiger partial charge in [-0.1, -0.05) is 22.9 Å². The fourth-order valence-electron chi connectivity index (χ4n) is 3.32. The zero-order chi connectivity index (χ0) is 20.4. The van der Waals surface area contributed by atoms with Crippen LogP contribution in [-0.2, 0) is 9.53 Å². The Balaban J connectivity index is 1.56. The van der Waals surface area contributed by atoms with E-state index in [4.69, 9.17) is 21.3 Å². The minimum atomic E-state index is 0.0490. The molecule has 0 aliphatic carbocycles. The maximum atomic E-state index is 13.2. The van der Waals surface area contributed by atoms with Gasteiger partial charge in [0.2, 0.25) is 5.91 Å². The van der Waals surface area contributed by atoms with E-state index in [1.807, 2.05) is 29.2 Å². The number of thioether (sulfide) groups is 1. The average Bonchev–Trinajstić information content (AvgIpc) is 3.35. The lowest BCUT2D eigenvalue weighted by Crippen LogP contribution is -2.38. The Morgan fingerprint density at radius 1 is 1.28 bits per heavy atom. The fraction of sp³-hybridized carbons (Fsp3) is 0.364. The lowest BCUT2D eigenvalue weighted by Gasteiger charge is -2.23. The van der Waals surface area contributed by atoms with Crippen LogP contribution < -0.4 is 4.90 Å². The molecule has 29 heavy (non-hydrogen) atoms. The van der Waals surface area contributed by atoms with Crippen LogP contribution in [0.4, 0.5) is 5.13 Å². The third-order valence-corrected chi connectivity index (χ3v) is 7.40. The molecule has 0 radical (unpaired) electrons. The number of aryl methyl sites for hydroxylation is 2. The van der Waals surface area contributed by atoms with Crippen molar-refractivity contribution in [2.45, 2.75) is 37.7 Å². The van der Waals surface area contributed by atoms with Crippen LogP contribution in [0.3, 0.4) is 0 Å². The van der Waals surface area contributed by atoms with Crippen molar-refractivity contribution in [3.8, 4) is 0 Å². The number of benzene rings is 2. The zero-order valence-corrected chi connectivity index (χ0v) is 18.9. The predicted octanol–water partition coefficient (Wildman–Crippen LogP) is 5.87. The number of ether oxygens (including phenoxy) is 1. The molecule has 7 heteroatoms. The number of amides is 1. The fourth-order valence-corrected chi connectivity index (χ4v) is 5.29. The minimum absolute atomic E-state index is 0.0490. The van der Waals surface area contributed by atoms with Gasteiger partial charge in [0.25, 0.3) is 0 Å². The first-order chi connectivity index (χ1) is 14.0. The maximum Gasteiger partial charge on any atom is 0.239 e. The highest BCUT2D eigenvalue weighted by molar-refractivity contribution is 8.00. The summed E-state index contributed by atoms with van der Waals surface area (Å²) in [4.78, 5) is 20.8. The van der Waals surface area contributed by atoms with E-state index >= 15 is 0 Å². The molecule has 1 fully saturated rings. The second-order valence-corrected chi connectivity index (χ2v) is 9.78. The topological polar surface area (TPSA) is 42.4 Å². The van der Waals surface area contributed by atoms with Crippen LogP contribution >= 0.6 is 34.7 Å². The van der Waals surface area contributed by atoms with Crippen LogP contribution in [0.15, 0.2) is 41.3 Å². The van der Waals surface area contributed by atoms with E-state index < -0.39 is 0 Å². The van der Waals surface area contributed by atoms with Gasteiger partial charge in [0.15, 0.2) is 5.13 Å². The highest BCUT2D eigenvalue weighted by Crippen LogP contribution is 2.32. The summed E-state index contributed by atoms with van der Waals surface area (Å²) in [5.41, 5.74) is 3.40. The van der Waals surface area contributed by atoms with Gasteiger partial charge in [0.05, 0.1) is 28.6 Å². The number of anilines is 1. The lowest BCUT2D eigenvalue weighted by molar-refractivity contribution is -0.116. The van der Waals surface area contributed by atoms with E-state index in [0.717, 1.165) is 39.7 Å². The number of fused-ring (bicyclic) bond motifs is 1. The van der Waals surface area contributed by atoms with E-state index in [1.54, 1.807) is 11.3 Å². The van der Waals surface area contributed by atoms with Gasteiger partial charge in [-0.2, -0.15) is 0 Å². The molecule has 3 aromatic rings. The van der Waals surface area contributed by atoms with E-state index in [9.17, 15) is 4.79 Å². The number of nitrogens with zero attached hydrogens (tertiary/aromatic N) is 2. The molecule has 1 aliphatic heterocycles. The molecule has 2 aromatic carbocycles. The number of aromatic nitrogens is 1. The van der Waals surface area contributed by atoms with Crippen LogP contribution in [0.2, 0.25) is 5.02 Å². The zero-order valence-electron chi connectivity index (χ0n) is 16.5. The summed E-state index contributed by atoms with van der Waals surface area (Å²) in [6.45, 7) is 5.51. The van der Waals surface area contributed by atoms with Gasteiger partial charge in [0, 0.05) is 16.5 Å². The Kier molecular flexibility index (Phi) is 6.44. The van der Waals surface area contributed by atoms with Crippen molar-refractivity contribution < 1.29 is 9.53 Å². The molecule has 0 N–H and O–H groups in total. The van der Waals surface area contributed by atoms with Crippen LogP contribution in [-0.4, -0.2) is 35.9 Å². The molecule has 0 spiro atoms. The molecule has 4 rings (SSSR count). The molecule has 1 saturated heterocycles. The summed E-state index contributed by atoms with van der Waals surface area (Å²) < 4.78 is 6.91. The van der Waals surface area contributed by atoms with Crippen molar-refractivity contribution in [3.05, 3.63) is 52.5 Å². The molecular weight excluding hydrogens is 424 g/mol. The summed E-state index contributed by atoms with van der Waals surface area (Å²) in [5, 5.41) is 1.45. The Morgan fingerprint density at radius 3 is 2.76 bits per heavy atom. The monoisotopic (exact) mass is 446 g/mol. The van der Waals surface area contributed by atoms with Crippen molar-refractivity contribution in [2.24, 2.45) is 0 Å². The van der Waals surface area contributed by atoms with Gasteiger partial charge in [-0.05, 0) is 74.2 Å².